The number of aromatic amines is 1. The van der Waals surface area contributed by atoms with E-state index in [9.17, 15) is 9.59 Å². The monoisotopic (exact) mass is 454 g/mol. The number of anilines is 1. The highest BCUT2D eigenvalue weighted by molar-refractivity contribution is 6.04. The summed E-state index contributed by atoms with van der Waals surface area (Å²) in [5, 5.41) is 3.15. The second kappa shape index (κ2) is 9.13. The molecule has 2 aliphatic heterocycles. The zero-order valence-electron chi connectivity index (χ0n) is 19.9. The van der Waals surface area contributed by atoms with Crippen LogP contribution in [0.25, 0.3) is 11.2 Å². The van der Waals surface area contributed by atoms with Crippen LogP contribution in [0.2, 0.25) is 0 Å². The van der Waals surface area contributed by atoms with E-state index in [2.05, 4.69) is 40.6 Å². The van der Waals surface area contributed by atoms with Crippen molar-refractivity contribution in [3.8, 4) is 0 Å². The summed E-state index contributed by atoms with van der Waals surface area (Å²) >= 11 is 0. The second-order valence-corrected chi connectivity index (χ2v) is 10.1. The Morgan fingerprint density at radius 3 is 2.85 bits per heavy atom. The molecule has 178 valence electrons. The summed E-state index contributed by atoms with van der Waals surface area (Å²) in [7, 11) is 0. The number of ether oxygens (including phenoxy) is 1. The van der Waals surface area contributed by atoms with Crippen molar-refractivity contribution in [1.82, 2.24) is 25.2 Å². The normalized spacial score (nSPS) is 22.7. The summed E-state index contributed by atoms with van der Waals surface area (Å²) in [6.07, 6.45) is 5.75. The molecule has 2 amide bonds. The predicted octanol–water partition coefficient (Wildman–Crippen LogP) is 2.36. The fourth-order valence-electron chi connectivity index (χ4n) is 4.92. The van der Waals surface area contributed by atoms with Crippen molar-refractivity contribution in [1.29, 1.82) is 0 Å². The van der Waals surface area contributed by atoms with Crippen LogP contribution in [0, 0.1) is 11.8 Å². The molecule has 2 aromatic heterocycles. The lowest BCUT2D eigenvalue weighted by atomic mass is 9.93. The van der Waals surface area contributed by atoms with E-state index in [-0.39, 0.29) is 23.4 Å². The number of rotatable bonds is 6. The highest BCUT2D eigenvalue weighted by Gasteiger charge is 2.36. The molecule has 9 nitrogen and oxygen atoms in total. The third kappa shape index (κ3) is 4.73. The Kier molecular flexibility index (Phi) is 6.43. The Morgan fingerprint density at radius 1 is 1.36 bits per heavy atom. The molecule has 33 heavy (non-hydrogen) atoms. The molecule has 2 atom stereocenters. The first-order valence-corrected chi connectivity index (χ1v) is 11.6. The van der Waals surface area contributed by atoms with Crippen LogP contribution >= 0.6 is 0 Å². The molecule has 0 aliphatic carbocycles. The third-order valence-corrected chi connectivity index (χ3v) is 6.57. The Morgan fingerprint density at radius 2 is 2.15 bits per heavy atom. The molecule has 2 saturated heterocycles. The molecule has 2 N–H and O–H groups in total. The van der Waals surface area contributed by atoms with Gasteiger partial charge in [-0.25, -0.2) is 9.97 Å². The molecule has 2 aliphatic rings. The van der Waals surface area contributed by atoms with Crippen LogP contribution in [0.5, 0.6) is 0 Å². The van der Waals surface area contributed by atoms with Gasteiger partial charge < -0.3 is 24.8 Å². The van der Waals surface area contributed by atoms with Gasteiger partial charge in [-0.3, -0.25) is 9.59 Å². The highest BCUT2D eigenvalue weighted by atomic mass is 16.5. The summed E-state index contributed by atoms with van der Waals surface area (Å²) in [4.78, 5) is 41.6. The van der Waals surface area contributed by atoms with Gasteiger partial charge in [0.1, 0.15) is 11.3 Å². The van der Waals surface area contributed by atoms with Gasteiger partial charge in [-0.05, 0) is 32.3 Å². The van der Waals surface area contributed by atoms with Gasteiger partial charge in [0.25, 0.3) is 5.91 Å². The van der Waals surface area contributed by atoms with E-state index in [1.807, 2.05) is 18.7 Å². The summed E-state index contributed by atoms with van der Waals surface area (Å²) < 4.78 is 5.64. The minimum absolute atomic E-state index is 0.00253. The lowest BCUT2D eigenvalue weighted by Gasteiger charge is -2.47. The van der Waals surface area contributed by atoms with Crippen LogP contribution in [0.1, 0.15) is 44.5 Å². The van der Waals surface area contributed by atoms with Crippen molar-refractivity contribution in [2.45, 2.75) is 45.7 Å². The molecule has 0 spiro atoms. The molecule has 9 heteroatoms. The Hall–Kier alpha value is -2.94. The maximum Gasteiger partial charge on any atom is 0.255 e. The average molecular weight is 455 g/mol. The van der Waals surface area contributed by atoms with Gasteiger partial charge in [0.2, 0.25) is 5.91 Å². The number of nitrogens with one attached hydrogen (secondary N) is 2. The van der Waals surface area contributed by atoms with E-state index in [1.165, 1.54) is 6.08 Å². The first-order valence-electron chi connectivity index (χ1n) is 11.6. The largest absolute Gasteiger partial charge is 0.379 e. The molecule has 0 radical (unpaired) electrons. The van der Waals surface area contributed by atoms with Gasteiger partial charge in [-0.2, -0.15) is 0 Å². The third-order valence-electron chi connectivity index (χ3n) is 6.57. The van der Waals surface area contributed by atoms with E-state index >= 15 is 0 Å². The molecule has 0 bridgehead atoms. The number of aromatic nitrogens is 3. The van der Waals surface area contributed by atoms with Crippen molar-refractivity contribution in [2.75, 3.05) is 37.7 Å². The number of nitrogens with zero attached hydrogens (tertiary/aromatic N) is 4. The fraction of sp³-hybridized carbons (Fsp3) is 0.583. The van der Waals surface area contributed by atoms with E-state index in [0.29, 0.717) is 67.2 Å². The molecule has 4 rings (SSSR count). The second-order valence-electron chi connectivity index (χ2n) is 10.1. The quantitative estimate of drug-likeness (QED) is 0.650. The zero-order chi connectivity index (χ0) is 23.8. The molecule has 2 fully saturated rings. The van der Waals surface area contributed by atoms with Gasteiger partial charge in [0, 0.05) is 31.7 Å². The van der Waals surface area contributed by atoms with Crippen LogP contribution in [-0.4, -0.2) is 76.1 Å². The van der Waals surface area contributed by atoms with Crippen molar-refractivity contribution in [2.24, 2.45) is 11.8 Å². The van der Waals surface area contributed by atoms with Gasteiger partial charge in [0.05, 0.1) is 36.6 Å². The zero-order valence-corrected chi connectivity index (χ0v) is 19.9. The molecular weight excluding hydrogens is 420 g/mol. The molecule has 1 unspecified atom stereocenters. The molecule has 0 saturated carbocycles. The SMILES string of the molecule is C=CC(=O)N1CCN(c2cnc3[nH]cc(C(=O)NC4COC[C@@H]4CC(C)C)c3n2)CC1(C)C. The van der Waals surface area contributed by atoms with E-state index < -0.39 is 0 Å². The van der Waals surface area contributed by atoms with Crippen LogP contribution in [0.3, 0.4) is 0 Å². The minimum Gasteiger partial charge on any atom is -0.379 e. The van der Waals surface area contributed by atoms with Crippen LogP contribution in [0.4, 0.5) is 5.82 Å². The van der Waals surface area contributed by atoms with Gasteiger partial charge in [-0.15, -0.1) is 0 Å². The lowest BCUT2D eigenvalue weighted by Crippen LogP contribution is -2.61. The van der Waals surface area contributed by atoms with Gasteiger partial charge in [-0.1, -0.05) is 20.4 Å². The van der Waals surface area contributed by atoms with Gasteiger partial charge in [0.15, 0.2) is 5.65 Å². The summed E-state index contributed by atoms with van der Waals surface area (Å²) in [6, 6.07) is -0.00253. The standard InChI is InChI=1S/C24H34N6O3/c1-6-20(31)30-8-7-29(14-24(30,4)5)19-11-26-22-21(28-19)17(10-25-22)23(32)27-18-13-33-12-16(18)9-15(2)3/h6,10-11,15-16,18H,1,7-9,12-14H2,2-5H3,(H,25,26)(H,27,32)/t16-,18?/m0/s1. The van der Waals surface area contributed by atoms with Crippen molar-refractivity contribution in [3.63, 3.8) is 0 Å². The molecule has 2 aromatic rings. The Balaban J connectivity index is 1.53. The predicted molar refractivity (Wildman–Crippen MR) is 127 cm³/mol. The number of fused-ring (bicyclic) bond motifs is 1. The Labute approximate surface area is 194 Å². The topological polar surface area (TPSA) is 103 Å². The maximum atomic E-state index is 13.1. The average Bonchev–Trinajstić information content (AvgIpc) is 3.38. The summed E-state index contributed by atoms with van der Waals surface area (Å²) in [6.45, 7) is 15.0. The maximum absolute atomic E-state index is 13.1. The minimum atomic E-state index is -0.383. The molecule has 0 aromatic carbocycles. The van der Waals surface area contributed by atoms with Crippen molar-refractivity contribution in [3.05, 3.63) is 30.6 Å². The smallest absolute Gasteiger partial charge is 0.255 e. The van der Waals surface area contributed by atoms with Crippen LogP contribution in [-0.2, 0) is 9.53 Å². The van der Waals surface area contributed by atoms with Crippen molar-refractivity contribution < 1.29 is 14.3 Å². The number of piperazine rings is 1. The summed E-state index contributed by atoms with van der Waals surface area (Å²) in [5.41, 5.74) is 1.22. The fourth-order valence-corrected chi connectivity index (χ4v) is 4.92. The van der Waals surface area contributed by atoms with Crippen LogP contribution in [0.15, 0.2) is 25.0 Å². The number of carbonyl (C=O) groups excluding carboxylic acids is 2. The number of amides is 2. The Bertz CT molecular complexity index is 1050. The first-order chi connectivity index (χ1) is 15.7. The summed E-state index contributed by atoms with van der Waals surface area (Å²) in [5.74, 6) is 1.31. The molecular formula is C24H34N6O3. The number of carbonyl (C=O) groups is 2. The van der Waals surface area contributed by atoms with Crippen LogP contribution < -0.4 is 10.2 Å². The highest BCUT2D eigenvalue weighted by Crippen LogP contribution is 2.27. The van der Waals surface area contributed by atoms with E-state index in [1.54, 1.807) is 12.4 Å². The van der Waals surface area contributed by atoms with Crippen molar-refractivity contribution >= 4 is 28.8 Å². The first kappa shape index (κ1) is 23.2. The number of hydrogen-bond acceptors (Lipinski definition) is 6. The number of hydrogen-bond donors (Lipinski definition) is 2. The lowest BCUT2D eigenvalue weighted by molar-refractivity contribution is -0.131. The molecule has 4 heterocycles. The number of H-pyrrole nitrogens is 1. The van der Waals surface area contributed by atoms with E-state index in [0.717, 1.165) is 6.42 Å². The van der Waals surface area contributed by atoms with E-state index in [4.69, 9.17) is 9.72 Å². The van der Waals surface area contributed by atoms with Gasteiger partial charge >= 0.3 is 0 Å².